The Kier molecular flexibility index (Phi) is 3.48. The van der Waals surface area contributed by atoms with Gasteiger partial charge in [-0.05, 0) is 47.7 Å². The zero-order chi connectivity index (χ0) is 14.8. The maximum atomic E-state index is 12.6. The van der Waals surface area contributed by atoms with Gasteiger partial charge in [-0.25, -0.2) is 0 Å². The molecule has 1 N–H and O–H groups in total. The molecule has 0 spiro atoms. The van der Waals surface area contributed by atoms with E-state index in [4.69, 9.17) is 0 Å². The van der Waals surface area contributed by atoms with Gasteiger partial charge in [-0.2, -0.15) is 0 Å². The number of H-pyrrole nitrogens is 1. The lowest BCUT2D eigenvalue weighted by Gasteiger charge is -2.18. The van der Waals surface area contributed by atoms with E-state index < -0.39 is 0 Å². The molecular formula is C18H18N2O. The molecule has 0 unspecified atom stereocenters. The number of hydrogen-bond donors (Lipinski definition) is 1. The summed E-state index contributed by atoms with van der Waals surface area (Å²) < 4.78 is 0. The van der Waals surface area contributed by atoms with E-state index in [1.54, 1.807) is 4.90 Å². The van der Waals surface area contributed by atoms with Gasteiger partial charge in [0.1, 0.15) is 0 Å². The fourth-order valence-electron chi connectivity index (χ4n) is 2.45. The molecule has 3 rings (SSSR count). The summed E-state index contributed by atoms with van der Waals surface area (Å²) in [6.45, 7) is 2.12. The second-order valence-corrected chi connectivity index (χ2v) is 5.16. The van der Waals surface area contributed by atoms with Crippen LogP contribution >= 0.6 is 0 Å². The lowest BCUT2D eigenvalue weighted by molar-refractivity contribution is 0.0993. The van der Waals surface area contributed by atoms with Gasteiger partial charge in [0.15, 0.2) is 0 Å². The number of carbonyl (C=O) groups excluding carboxylic acids is 1. The molecule has 0 saturated carbocycles. The predicted molar refractivity (Wildman–Crippen MR) is 86.9 cm³/mol. The van der Waals surface area contributed by atoms with Crippen LogP contribution in [0.15, 0.2) is 54.7 Å². The molecule has 1 aromatic heterocycles. The number of fused-ring (bicyclic) bond motifs is 1. The Hall–Kier alpha value is -2.55. The fourth-order valence-corrected chi connectivity index (χ4v) is 2.45. The Morgan fingerprint density at radius 1 is 1.10 bits per heavy atom. The molecule has 0 fully saturated rings. The predicted octanol–water partition coefficient (Wildman–Crippen LogP) is 4.01. The van der Waals surface area contributed by atoms with Crippen molar-refractivity contribution in [1.29, 1.82) is 0 Å². The lowest BCUT2D eigenvalue weighted by atomic mass is 10.1. The Balaban J connectivity index is 1.88. The summed E-state index contributed by atoms with van der Waals surface area (Å²) in [4.78, 5) is 17.4. The summed E-state index contributed by atoms with van der Waals surface area (Å²) in [6.07, 6.45) is 2.88. The Morgan fingerprint density at radius 2 is 1.86 bits per heavy atom. The minimum Gasteiger partial charge on any atom is -0.361 e. The van der Waals surface area contributed by atoms with Gasteiger partial charge in [0, 0.05) is 30.0 Å². The third-order valence-corrected chi connectivity index (χ3v) is 3.84. The highest BCUT2D eigenvalue weighted by atomic mass is 16.2. The van der Waals surface area contributed by atoms with Crippen LogP contribution in [0.1, 0.15) is 22.8 Å². The van der Waals surface area contributed by atoms with Crippen molar-refractivity contribution in [2.24, 2.45) is 0 Å². The maximum Gasteiger partial charge on any atom is 0.258 e. The maximum absolute atomic E-state index is 12.6. The van der Waals surface area contributed by atoms with Crippen LogP contribution in [-0.2, 0) is 6.42 Å². The summed E-state index contributed by atoms with van der Waals surface area (Å²) >= 11 is 0. The number of amides is 1. The van der Waals surface area contributed by atoms with Crippen LogP contribution in [0.4, 0.5) is 5.69 Å². The minimum absolute atomic E-state index is 0.00394. The van der Waals surface area contributed by atoms with Crippen LogP contribution < -0.4 is 4.90 Å². The Morgan fingerprint density at radius 3 is 2.57 bits per heavy atom. The van der Waals surface area contributed by atoms with Crippen molar-refractivity contribution < 1.29 is 4.79 Å². The average Bonchev–Trinajstić information content (AvgIpc) is 3.01. The zero-order valence-corrected chi connectivity index (χ0v) is 12.3. The quantitative estimate of drug-likeness (QED) is 0.772. The van der Waals surface area contributed by atoms with E-state index in [0.717, 1.165) is 23.0 Å². The minimum atomic E-state index is -0.00394. The molecule has 0 atom stereocenters. The number of anilines is 1. The van der Waals surface area contributed by atoms with Crippen LogP contribution in [0.3, 0.4) is 0 Å². The van der Waals surface area contributed by atoms with E-state index >= 15 is 0 Å². The second-order valence-electron chi connectivity index (χ2n) is 5.16. The van der Waals surface area contributed by atoms with Crippen molar-refractivity contribution in [3.05, 3.63) is 65.9 Å². The highest BCUT2D eigenvalue weighted by Crippen LogP contribution is 2.19. The van der Waals surface area contributed by atoms with Gasteiger partial charge in [0.05, 0.1) is 0 Å². The third kappa shape index (κ3) is 2.55. The molecule has 0 aliphatic heterocycles. The first kappa shape index (κ1) is 13.4. The van der Waals surface area contributed by atoms with Crippen molar-refractivity contribution >= 4 is 22.5 Å². The summed E-state index contributed by atoms with van der Waals surface area (Å²) in [5, 5.41) is 1.11. The van der Waals surface area contributed by atoms with Gasteiger partial charge in [0.2, 0.25) is 0 Å². The van der Waals surface area contributed by atoms with Crippen LogP contribution in [0.25, 0.3) is 10.9 Å². The number of carbonyl (C=O) groups is 1. The van der Waals surface area contributed by atoms with Gasteiger partial charge in [-0.3, -0.25) is 4.79 Å². The van der Waals surface area contributed by atoms with Crippen LogP contribution in [0, 0.1) is 0 Å². The molecule has 0 aliphatic rings. The molecule has 0 bridgehead atoms. The molecule has 1 amide bonds. The van der Waals surface area contributed by atoms with Crippen LogP contribution in [0.5, 0.6) is 0 Å². The second kappa shape index (κ2) is 5.44. The van der Waals surface area contributed by atoms with E-state index in [9.17, 15) is 4.79 Å². The summed E-state index contributed by atoms with van der Waals surface area (Å²) in [5.41, 5.74) is 3.85. The number of hydrogen-bond acceptors (Lipinski definition) is 1. The van der Waals surface area contributed by atoms with Crippen LogP contribution in [-0.4, -0.2) is 17.9 Å². The molecule has 0 radical (unpaired) electrons. The largest absolute Gasteiger partial charge is 0.361 e. The number of aromatic nitrogens is 1. The van der Waals surface area contributed by atoms with E-state index in [-0.39, 0.29) is 5.91 Å². The first-order valence-corrected chi connectivity index (χ1v) is 7.13. The Bertz CT molecular complexity index is 771. The topological polar surface area (TPSA) is 36.1 Å². The molecule has 1 heterocycles. The monoisotopic (exact) mass is 278 g/mol. The average molecular weight is 278 g/mol. The van der Waals surface area contributed by atoms with Crippen molar-refractivity contribution in [2.75, 3.05) is 11.9 Å². The van der Waals surface area contributed by atoms with E-state index in [1.165, 1.54) is 5.56 Å². The molecule has 21 heavy (non-hydrogen) atoms. The number of rotatable bonds is 3. The molecule has 106 valence electrons. The van der Waals surface area contributed by atoms with E-state index in [2.05, 4.69) is 24.0 Å². The smallest absolute Gasteiger partial charge is 0.258 e. The van der Waals surface area contributed by atoms with Crippen molar-refractivity contribution in [3.63, 3.8) is 0 Å². The van der Waals surface area contributed by atoms with Gasteiger partial charge in [0.25, 0.3) is 5.91 Å². The molecule has 3 nitrogen and oxygen atoms in total. The first-order valence-electron chi connectivity index (χ1n) is 7.13. The van der Waals surface area contributed by atoms with E-state index in [1.807, 2.05) is 49.6 Å². The van der Waals surface area contributed by atoms with Crippen LogP contribution in [0.2, 0.25) is 0 Å². The highest BCUT2D eigenvalue weighted by molar-refractivity contribution is 6.07. The Labute approximate surface area is 124 Å². The van der Waals surface area contributed by atoms with Gasteiger partial charge in [-0.1, -0.05) is 25.1 Å². The van der Waals surface area contributed by atoms with Gasteiger partial charge >= 0.3 is 0 Å². The van der Waals surface area contributed by atoms with E-state index in [0.29, 0.717) is 5.56 Å². The fraction of sp³-hybridized carbons (Fsp3) is 0.167. The normalized spacial score (nSPS) is 10.8. The molecule has 2 aromatic carbocycles. The molecule has 3 heteroatoms. The SMILES string of the molecule is CCc1ccc(N(C)C(=O)c2ccc3cc[nH]c3c2)cc1. The highest BCUT2D eigenvalue weighted by Gasteiger charge is 2.14. The standard InChI is InChI=1S/C18H18N2O/c1-3-13-4-8-16(9-5-13)20(2)18(21)15-7-6-14-10-11-19-17(14)12-15/h4-12,19H,3H2,1-2H3. The third-order valence-electron chi connectivity index (χ3n) is 3.84. The number of benzene rings is 2. The van der Waals surface area contributed by atoms with Crippen molar-refractivity contribution in [1.82, 2.24) is 4.98 Å². The number of nitrogens with zero attached hydrogens (tertiary/aromatic N) is 1. The summed E-state index contributed by atoms with van der Waals surface area (Å²) in [6, 6.07) is 15.8. The lowest BCUT2D eigenvalue weighted by Crippen LogP contribution is -2.26. The van der Waals surface area contributed by atoms with Gasteiger partial charge in [-0.15, -0.1) is 0 Å². The zero-order valence-electron chi connectivity index (χ0n) is 12.3. The van der Waals surface area contributed by atoms with Crippen molar-refractivity contribution in [2.45, 2.75) is 13.3 Å². The summed E-state index contributed by atoms with van der Waals surface area (Å²) in [7, 11) is 1.81. The molecular weight excluding hydrogens is 260 g/mol. The molecule has 0 saturated heterocycles. The number of aromatic amines is 1. The van der Waals surface area contributed by atoms with Gasteiger partial charge < -0.3 is 9.88 Å². The first-order chi connectivity index (χ1) is 10.2. The summed E-state index contributed by atoms with van der Waals surface area (Å²) in [5.74, 6) is -0.00394. The van der Waals surface area contributed by atoms with Crippen molar-refractivity contribution in [3.8, 4) is 0 Å². The number of aryl methyl sites for hydroxylation is 1. The molecule has 3 aromatic rings. The number of nitrogens with one attached hydrogen (secondary N) is 1. The molecule has 0 aliphatic carbocycles.